The fourth-order valence-corrected chi connectivity index (χ4v) is 3.28. The van der Waals surface area contributed by atoms with E-state index in [0.29, 0.717) is 11.1 Å². The molecular formula is C23H27FN4O. The maximum atomic E-state index is 14.6. The number of benzene rings is 2. The van der Waals surface area contributed by atoms with Crippen molar-refractivity contribution in [2.24, 2.45) is 0 Å². The second-order valence-corrected chi connectivity index (χ2v) is 7.39. The number of pyridine rings is 1. The van der Waals surface area contributed by atoms with Crippen LogP contribution in [0.2, 0.25) is 0 Å². The molecule has 0 aliphatic rings. The highest BCUT2D eigenvalue weighted by Gasteiger charge is 2.17. The number of carbonyl (C=O) groups excluding carboxylic acids is 1. The Bertz CT molecular complexity index is 1050. The lowest BCUT2D eigenvalue weighted by Gasteiger charge is -2.18. The lowest BCUT2D eigenvalue weighted by atomic mass is 10.0. The molecule has 1 atom stereocenters. The van der Waals surface area contributed by atoms with Crippen LogP contribution in [0.3, 0.4) is 0 Å². The summed E-state index contributed by atoms with van der Waals surface area (Å²) < 4.78 is 14.6. The molecule has 0 fully saturated rings. The number of anilines is 2. The molecule has 6 heteroatoms. The second kappa shape index (κ2) is 8.47. The molecule has 29 heavy (non-hydrogen) atoms. The topological polar surface area (TPSA) is 57.3 Å². The van der Waals surface area contributed by atoms with E-state index in [1.807, 2.05) is 51.0 Å². The van der Waals surface area contributed by atoms with Gasteiger partial charge < -0.3 is 15.5 Å². The minimum Gasteiger partial charge on any atom is -0.385 e. The Hall–Kier alpha value is -3.15. The Kier molecular flexibility index (Phi) is 6.01. The van der Waals surface area contributed by atoms with E-state index < -0.39 is 6.04 Å². The van der Waals surface area contributed by atoms with Crippen LogP contribution >= 0.6 is 0 Å². The molecule has 1 aromatic heterocycles. The van der Waals surface area contributed by atoms with Crippen LogP contribution in [0.4, 0.5) is 15.9 Å². The third-order valence-electron chi connectivity index (χ3n) is 4.92. The van der Waals surface area contributed by atoms with Crippen molar-refractivity contribution >= 4 is 28.3 Å². The van der Waals surface area contributed by atoms with Crippen LogP contribution < -0.4 is 15.5 Å². The summed E-state index contributed by atoms with van der Waals surface area (Å²) >= 11 is 0. The number of hydrogen-bond acceptors (Lipinski definition) is 4. The molecule has 0 aliphatic heterocycles. The predicted octanol–water partition coefficient (Wildman–Crippen LogP) is 4.67. The van der Waals surface area contributed by atoms with Gasteiger partial charge in [0.25, 0.3) is 5.91 Å². The predicted molar refractivity (Wildman–Crippen MR) is 117 cm³/mol. The molecule has 0 aliphatic carbocycles. The van der Waals surface area contributed by atoms with E-state index in [1.165, 1.54) is 6.07 Å². The number of aromatic nitrogens is 1. The molecule has 0 spiro atoms. The third-order valence-corrected chi connectivity index (χ3v) is 4.92. The van der Waals surface area contributed by atoms with Crippen LogP contribution in [-0.4, -0.2) is 31.5 Å². The van der Waals surface area contributed by atoms with Gasteiger partial charge in [-0.3, -0.25) is 4.79 Å². The lowest BCUT2D eigenvalue weighted by Crippen LogP contribution is -2.27. The highest BCUT2D eigenvalue weighted by Crippen LogP contribution is 2.25. The number of nitrogens with one attached hydrogen (secondary N) is 2. The van der Waals surface area contributed by atoms with Crippen LogP contribution in [0.5, 0.6) is 0 Å². The van der Waals surface area contributed by atoms with Gasteiger partial charge in [0.05, 0.1) is 11.6 Å². The van der Waals surface area contributed by atoms with E-state index in [4.69, 9.17) is 0 Å². The first-order valence-electron chi connectivity index (χ1n) is 9.73. The van der Waals surface area contributed by atoms with Crippen molar-refractivity contribution in [1.82, 2.24) is 10.3 Å². The normalized spacial score (nSPS) is 11.9. The highest BCUT2D eigenvalue weighted by molar-refractivity contribution is 5.98. The molecular weight excluding hydrogens is 367 g/mol. The van der Waals surface area contributed by atoms with Gasteiger partial charge in [-0.15, -0.1) is 0 Å². The fourth-order valence-electron chi connectivity index (χ4n) is 3.28. The lowest BCUT2D eigenvalue weighted by molar-refractivity contribution is 0.0939. The minimum atomic E-state index is -0.457. The molecule has 2 aromatic carbocycles. The molecule has 152 valence electrons. The van der Waals surface area contributed by atoms with Gasteiger partial charge in [0.2, 0.25) is 0 Å². The molecule has 1 heterocycles. The molecule has 0 saturated heterocycles. The van der Waals surface area contributed by atoms with Crippen LogP contribution in [0, 0.1) is 12.7 Å². The van der Waals surface area contributed by atoms with Crippen LogP contribution in [0.25, 0.3) is 10.9 Å². The summed E-state index contributed by atoms with van der Waals surface area (Å²) in [6.07, 6.45) is 0. The summed E-state index contributed by atoms with van der Waals surface area (Å²) in [5.41, 5.74) is 3.52. The largest absolute Gasteiger partial charge is 0.385 e. The monoisotopic (exact) mass is 394 g/mol. The van der Waals surface area contributed by atoms with Gasteiger partial charge in [0.1, 0.15) is 11.6 Å². The Balaban J connectivity index is 1.80. The summed E-state index contributed by atoms with van der Waals surface area (Å²) in [6.45, 7) is 6.40. The number of hydrogen-bond donors (Lipinski definition) is 2. The van der Waals surface area contributed by atoms with E-state index in [1.54, 1.807) is 25.1 Å². The fraction of sp³-hybridized carbons (Fsp3) is 0.304. The van der Waals surface area contributed by atoms with E-state index >= 15 is 0 Å². The average molecular weight is 394 g/mol. The second-order valence-electron chi connectivity index (χ2n) is 7.39. The van der Waals surface area contributed by atoms with Crippen LogP contribution in [0.1, 0.15) is 41.4 Å². The molecule has 3 rings (SSSR count). The van der Waals surface area contributed by atoms with Gasteiger partial charge in [-0.05, 0) is 68.8 Å². The smallest absolute Gasteiger partial charge is 0.251 e. The zero-order valence-corrected chi connectivity index (χ0v) is 17.5. The van der Waals surface area contributed by atoms with Gasteiger partial charge in [0.15, 0.2) is 0 Å². The van der Waals surface area contributed by atoms with Gasteiger partial charge in [-0.25, -0.2) is 9.37 Å². The van der Waals surface area contributed by atoms with Crippen molar-refractivity contribution in [3.63, 3.8) is 0 Å². The molecule has 0 unspecified atom stereocenters. The summed E-state index contributed by atoms with van der Waals surface area (Å²) in [6, 6.07) is 12.1. The molecule has 0 radical (unpaired) electrons. The van der Waals surface area contributed by atoms with Crippen molar-refractivity contribution in [1.29, 1.82) is 0 Å². The van der Waals surface area contributed by atoms with Crippen molar-refractivity contribution in [3.05, 3.63) is 65.0 Å². The standard InChI is InChI=1S/C23H27FN4O/c1-6-25-21-13-19(24)18(11-14(21)2)15(3)26-23(29)17-7-9-20-16(12-17)8-10-22(27-20)28(4)5/h7-13,15,25H,6H2,1-5H3,(H,26,29)/t15-/m1/s1. The van der Waals surface area contributed by atoms with Gasteiger partial charge >= 0.3 is 0 Å². The Morgan fingerprint density at radius 1 is 1.17 bits per heavy atom. The van der Waals surface area contributed by atoms with Crippen LogP contribution in [-0.2, 0) is 0 Å². The minimum absolute atomic E-state index is 0.246. The van der Waals surface area contributed by atoms with Gasteiger partial charge in [-0.2, -0.15) is 0 Å². The van der Waals surface area contributed by atoms with E-state index in [9.17, 15) is 9.18 Å². The van der Waals surface area contributed by atoms with Gasteiger partial charge in [-0.1, -0.05) is 0 Å². The SMILES string of the molecule is CCNc1cc(F)c([C@@H](C)NC(=O)c2ccc3nc(N(C)C)ccc3c2)cc1C. The first kappa shape index (κ1) is 20.6. The number of fused-ring (bicyclic) bond motifs is 1. The first-order valence-corrected chi connectivity index (χ1v) is 9.73. The van der Waals surface area contributed by atoms with Crippen molar-refractivity contribution in [3.8, 4) is 0 Å². The van der Waals surface area contributed by atoms with Crippen molar-refractivity contribution in [2.45, 2.75) is 26.8 Å². The average Bonchev–Trinajstić information content (AvgIpc) is 2.69. The first-order chi connectivity index (χ1) is 13.8. The maximum absolute atomic E-state index is 14.6. The number of amides is 1. The number of nitrogens with zero attached hydrogens (tertiary/aromatic N) is 2. The van der Waals surface area contributed by atoms with E-state index in [-0.39, 0.29) is 11.7 Å². The summed E-state index contributed by atoms with van der Waals surface area (Å²) in [5, 5.41) is 6.92. The van der Waals surface area contributed by atoms with Crippen molar-refractivity contribution in [2.75, 3.05) is 30.9 Å². The molecule has 1 amide bonds. The zero-order chi connectivity index (χ0) is 21.1. The Morgan fingerprint density at radius 3 is 2.62 bits per heavy atom. The van der Waals surface area contributed by atoms with Crippen molar-refractivity contribution < 1.29 is 9.18 Å². The molecule has 0 saturated carbocycles. The van der Waals surface area contributed by atoms with Gasteiger partial charge in [0, 0.05) is 42.8 Å². The third kappa shape index (κ3) is 4.47. The summed E-state index contributed by atoms with van der Waals surface area (Å²) in [4.78, 5) is 19.2. The Morgan fingerprint density at radius 2 is 1.93 bits per heavy atom. The van der Waals surface area contributed by atoms with E-state index in [0.717, 1.165) is 34.5 Å². The number of halogens is 1. The maximum Gasteiger partial charge on any atom is 0.251 e. The molecule has 3 aromatic rings. The van der Waals surface area contributed by atoms with E-state index in [2.05, 4.69) is 15.6 Å². The molecule has 2 N–H and O–H groups in total. The number of carbonyl (C=O) groups is 1. The van der Waals surface area contributed by atoms with Crippen LogP contribution in [0.15, 0.2) is 42.5 Å². The number of aryl methyl sites for hydroxylation is 1. The highest BCUT2D eigenvalue weighted by atomic mass is 19.1. The summed E-state index contributed by atoms with van der Waals surface area (Å²) in [7, 11) is 3.87. The Labute approximate surface area is 170 Å². The molecule has 5 nitrogen and oxygen atoms in total. The summed E-state index contributed by atoms with van der Waals surface area (Å²) in [5.74, 6) is 0.275. The molecule has 0 bridgehead atoms. The quantitative estimate of drug-likeness (QED) is 0.638. The number of rotatable bonds is 6. The zero-order valence-electron chi connectivity index (χ0n) is 17.5.